The van der Waals surface area contributed by atoms with E-state index in [1.54, 1.807) is 0 Å². The molecule has 3 N–H and O–H groups in total. The molecule has 1 aliphatic carbocycles. The third-order valence-electron chi connectivity index (χ3n) is 4.06. The van der Waals surface area contributed by atoms with Crippen LogP contribution in [0.4, 0.5) is 0 Å². The van der Waals surface area contributed by atoms with Crippen LogP contribution in [0.3, 0.4) is 0 Å². The van der Waals surface area contributed by atoms with Gasteiger partial charge in [-0.2, -0.15) is 0 Å². The fourth-order valence-corrected chi connectivity index (χ4v) is 3.79. The Labute approximate surface area is 94.2 Å². The molecule has 0 aromatic heterocycles. The fraction of sp³-hybridized carbons (Fsp3) is 1.00. The second-order valence-corrected chi connectivity index (χ2v) is 6.48. The molecule has 15 heavy (non-hydrogen) atoms. The Morgan fingerprint density at radius 2 is 2.00 bits per heavy atom. The summed E-state index contributed by atoms with van der Waals surface area (Å²) < 4.78 is 0. The normalized spacial score (nSPS) is 37.6. The topological polar surface area (TPSA) is 46.2 Å². The summed E-state index contributed by atoms with van der Waals surface area (Å²) in [6.45, 7) is 9.35. The van der Waals surface area contributed by atoms with Gasteiger partial charge in [0.25, 0.3) is 0 Å². The molecular weight excluding hydrogens is 186 g/mol. The van der Waals surface area contributed by atoms with Gasteiger partial charge in [-0.25, -0.2) is 0 Å². The predicted octanol–water partition coefficient (Wildman–Crippen LogP) is 2.55. The highest BCUT2D eigenvalue weighted by Crippen LogP contribution is 2.51. The zero-order valence-corrected chi connectivity index (χ0v) is 10.7. The van der Waals surface area contributed by atoms with E-state index < -0.39 is 0 Å². The maximum Gasteiger partial charge on any atom is 0.0436 e. The zero-order chi connectivity index (χ0) is 11.7. The molecule has 2 heteroatoms. The van der Waals surface area contributed by atoms with Crippen molar-refractivity contribution in [2.75, 3.05) is 6.61 Å². The summed E-state index contributed by atoms with van der Waals surface area (Å²) in [5.41, 5.74) is 6.70. The summed E-state index contributed by atoms with van der Waals surface area (Å²) in [5, 5.41) is 9.23. The van der Waals surface area contributed by atoms with Crippen LogP contribution in [0.1, 0.15) is 53.4 Å². The lowest BCUT2D eigenvalue weighted by Gasteiger charge is -2.50. The number of nitrogens with two attached hydrogens (primary N) is 1. The molecule has 0 bridgehead atoms. The third kappa shape index (κ3) is 2.94. The molecule has 1 fully saturated rings. The number of aliphatic hydroxyl groups excluding tert-OH is 1. The van der Waals surface area contributed by atoms with E-state index in [-0.39, 0.29) is 18.1 Å². The van der Waals surface area contributed by atoms with Gasteiger partial charge < -0.3 is 10.8 Å². The van der Waals surface area contributed by atoms with Crippen LogP contribution in [0.15, 0.2) is 0 Å². The van der Waals surface area contributed by atoms with Gasteiger partial charge >= 0.3 is 0 Å². The lowest BCUT2D eigenvalue weighted by molar-refractivity contribution is 0.0108. The van der Waals surface area contributed by atoms with E-state index >= 15 is 0 Å². The number of rotatable bonds is 3. The van der Waals surface area contributed by atoms with E-state index in [4.69, 9.17) is 5.73 Å². The van der Waals surface area contributed by atoms with E-state index in [0.29, 0.717) is 5.41 Å². The quantitative estimate of drug-likeness (QED) is 0.757. The van der Waals surface area contributed by atoms with Crippen molar-refractivity contribution in [1.82, 2.24) is 0 Å². The van der Waals surface area contributed by atoms with Gasteiger partial charge in [-0.3, -0.25) is 0 Å². The summed E-state index contributed by atoms with van der Waals surface area (Å²) >= 11 is 0. The molecule has 0 radical (unpaired) electrons. The van der Waals surface area contributed by atoms with Crippen LogP contribution in [0.2, 0.25) is 0 Å². The minimum atomic E-state index is 0.163. The van der Waals surface area contributed by atoms with Crippen molar-refractivity contribution < 1.29 is 5.11 Å². The van der Waals surface area contributed by atoms with Crippen LogP contribution in [0, 0.1) is 16.7 Å². The van der Waals surface area contributed by atoms with Crippen LogP contribution >= 0.6 is 0 Å². The van der Waals surface area contributed by atoms with Crippen molar-refractivity contribution in [3.63, 3.8) is 0 Å². The lowest BCUT2D eigenvalue weighted by atomic mass is 9.57. The van der Waals surface area contributed by atoms with Gasteiger partial charge in [0.15, 0.2) is 0 Å². The molecule has 0 aromatic rings. The summed E-state index contributed by atoms with van der Waals surface area (Å²) in [6.07, 6.45) is 4.47. The van der Waals surface area contributed by atoms with Crippen molar-refractivity contribution in [3.05, 3.63) is 0 Å². The monoisotopic (exact) mass is 213 g/mol. The molecule has 0 aliphatic heterocycles. The maximum atomic E-state index is 9.23. The minimum absolute atomic E-state index is 0.163. The van der Waals surface area contributed by atoms with Gasteiger partial charge in [0.1, 0.15) is 0 Å². The first-order chi connectivity index (χ1) is 6.81. The van der Waals surface area contributed by atoms with Gasteiger partial charge in [0, 0.05) is 12.6 Å². The van der Waals surface area contributed by atoms with Crippen LogP contribution in [0.5, 0.6) is 0 Å². The molecule has 1 saturated carbocycles. The van der Waals surface area contributed by atoms with Gasteiger partial charge in [-0.05, 0) is 49.4 Å². The highest BCUT2D eigenvalue weighted by molar-refractivity contribution is 4.96. The van der Waals surface area contributed by atoms with E-state index in [9.17, 15) is 5.11 Å². The first-order valence-electron chi connectivity index (χ1n) is 6.18. The Morgan fingerprint density at radius 1 is 1.40 bits per heavy atom. The summed E-state index contributed by atoms with van der Waals surface area (Å²) in [4.78, 5) is 0. The van der Waals surface area contributed by atoms with Gasteiger partial charge in [-0.1, -0.05) is 20.8 Å². The van der Waals surface area contributed by atoms with Crippen LogP contribution in [0.25, 0.3) is 0 Å². The second-order valence-electron chi connectivity index (χ2n) is 6.48. The Hall–Kier alpha value is -0.0800. The lowest BCUT2D eigenvalue weighted by Crippen LogP contribution is -2.47. The molecule has 1 rings (SSSR count). The Kier molecular flexibility index (Phi) is 3.83. The van der Waals surface area contributed by atoms with Crippen LogP contribution < -0.4 is 5.73 Å². The van der Waals surface area contributed by atoms with Crippen molar-refractivity contribution in [2.45, 2.75) is 59.4 Å². The Morgan fingerprint density at radius 3 is 2.40 bits per heavy atom. The van der Waals surface area contributed by atoms with E-state index in [0.717, 1.165) is 18.8 Å². The van der Waals surface area contributed by atoms with Gasteiger partial charge in [-0.15, -0.1) is 0 Å². The third-order valence-corrected chi connectivity index (χ3v) is 4.06. The molecule has 2 nitrogen and oxygen atoms in total. The first-order valence-corrected chi connectivity index (χ1v) is 6.18. The minimum Gasteiger partial charge on any atom is -0.396 e. The van der Waals surface area contributed by atoms with Crippen LogP contribution in [-0.4, -0.2) is 17.8 Å². The molecule has 0 heterocycles. The SMILES string of the molecule is CC1CC(C)(C)CC(CCO)(C(C)N)C1. The zero-order valence-electron chi connectivity index (χ0n) is 10.7. The van der Waals surface area contributed by atoms with E-state index in [1.165, 1.54) is 12.8 Å². The smallest absolute Gasteiger partial charge is 0.0436 e. The predicted molar refractivity (Wildman–Crippen MR) is 64.6 cm³/mol. The summed E-state index contributed by atoms with van der Waals surface area (Å²) in [6, 6.07) is 0.187. The number of aliphatic hydroxyl groups is 1. The largest absolute Gasteiger partial charge is 0.396 e. The Bertz CT molecular complexity index is 213. The van der Waals surface area contributed by atoms with E-state index in [1.807, 2.05) is 0 Å². The number of hydrogen-bond acceptors (Lipinski definition) is 2. The molecule has 3 atom stereocenters. The molecule has 0 aromatic carbocycles. The molecule has 0 spiro atoms. The maximum absolute atomic E-state index is 9.23. The van der Waals surface area contributed by atoms with Crippen molar-refractivity contribution >= 4 is 0 Å². The number of hydrogen-bond donors (Lipinski definition) is 2. The fourth-order valence-electron chi connectivity index (χ4n) is 3.79. The second kappa shape index (κ2) is 4.42. The van der Waals surface area contributed by atoms with Crippen LogP contribution in [-0.2, 0) is 0 Å². The highest BCUT2D eigenvalue weighted by Gasteiger charge is 2.44. The van der Waals surface area contributed by atoms with Crippen molar-refractivity contribution in [2.24, 2.45) is 22.5 Å². The van der Waals surface area contributed by atoms with Crippen molar-refractivity contribution in [3.8, 4) is 0 Å². The van der Waals surface area contributed by atoms with E-state index in [2.05, 4.69) is 27.7 Å². The summed E-state index contributed by atoms with van der Waals surface area (Å²) in [5.74, 6) is 0.728. The highest BCUT2D eigenvalue weighted by atomic mass is 16.3. The Balaban J connectivity index is 2.87. The first kappa shape index (κ1) is 13.0. The van der Waals surface area contributed by atoms with Crippen molar-refractivity contribution in [1.29, 1.82) is 0 Å². The average Bonchev–Trinajstić information content (AvgIpc) is 1.99. The summed E-state index contributed by atoms with van der Waals surface area (Å²) in [7, 11) is 0. The molecule has 90 valence electrons. The molecule has 0 amide bonds. The standard InChI is InChI=1S/C13H27NO/c1-10-7-12(3,4)9-13(8-10,5-6-15)11(2)14/h10-11,15H,5-9,14H2,1-4H3. The van der Waals surface area contributed by atoms with Gasteiger partial charge in [0.05, 0.1) is 0 Å². The molecule has 3 unspecified atom stereocenters. The molecular formula is C13H27NO. The molecule has 0 saturated heterocycles. The van der Waals surface area contributed by atoms with Gasteiger partial charge in [0.2, 0.25) is 0 Å². The molecule has 1 aliphatic rings. The average molecular weight is 213 g/mol.